The highest BCUT2D eigenvalue weighted by Gasteiger charge is 2.71. The summed E-state index contributed by atoms with van der Waals surface area (Å²) < 4.78 is 20.0. The van der Waals surface area contributed by atoms with Crippen LogP contribution in [0.1, 0.15) is 182 Å². The number of amides is 10. The van der Waals surface area contributed by atoms with Gasteiger partial charge in [0.05, 0.1) is 36.9 Å². The number of hydrogen-bond acceptors (Lipinski definition) is 16. The Balaban J connectivity index is 0.000000388. The van der Waals surface area contributed by atoms with Gasteiger partial charge in [0, 0.05) is 19.6 Å². The fraction of sp³-hybridized carbons (Fsp3) is 0.788. The van der Waals surface area contributed by atoms with Crippen LogP contribution in [0.25, 0.3) is 0 Å². The molecule has 11 atom stereocenters. The highest BCUT2D eigenvalue weighted by Crippen LogP contribution is 2.66. The molecule has 0 aromatic carbocycles. The molecular weight excluding hydrogens is 1190 g/mol. The molecule has 2 unspecified atom stereocenters. The standard InChI is InChI=1S/C33H55N5O8.C32H51N5O8.CH4/c1-12-14-21(25(39)28(41)34-15-13-2)35-27(40)24-23-20(33(23,10)11)16-38(24)29(42)26(32(7,8)9)37-30(43)36-22(18(3)4)17-45-31(44)46-19(5)6;1-30(2,3)24(35-28(42)36-32(13-8-7-9-14-32)17-45-29(43)44-6)27(41)37-16-19-21(31(19,4)5)22(37)26(40)34-20(23(38)25(33)39)15-18-11-10-12-18;/h13,18-24,26H,2,12,14-17H2,1,3-11H3,(H,34,41)(H,35,40)(H2,36,37,43);18-22,24H,7-17H2,1-6H3,(H2,33,39)(H,34,40)(H2,35,36,42);1H4/t20-,21?,22+,23-,24-,26+;19-,20?,21-,22-,24+;/m00./s1. The van der Waals surface area contributed by atoms with Gasteiger partial charge in [-0.3, -0.25) is 38.4 Å². The smallest absolute Gasteiger partial charge is 0.438 e. The number of ether oxygens (including phenoxy) is 4. The van der Waals surface area contributed by atoms with Gasteiger partial charge in [-0.15, -0.1) is 6.58 Å². The first-order valence-corrected chi connectivity index (χ1v) is 32.5. The van der Waals surface area contributed by atoms with Crippen LogP contribution in [0.15, 0.2) is 12.7 Å². The van der Waals surface area contributed by atoms with Gasteiger partial charge in [-0.1, -0.05) is 148 Å². The number of fused-ring (bicyclic) bond motifs is 2. The highest BCUT2D eigenvalue weighted by atomic mass is 16.7. The molecule has 2 saturated heterocycles. The Morgan fingerprint density at radius 2 is 1.16 bits per heavy atom. The molecule has 6 fully saturated rings. The van der Waals surface area contributed by atoms with Gasteiger partial charge < -0.3 is 71.7 Å². The van der Waals surface area contributed by atoms with Crippen LogP contribution >= 0.6 is 0 Å². The Morgan fingerprint density at radius 3 is 1.59 bits per heavy atom. The van der Waals surface area contributed by atoms with Gasteiger partial charge in [0.15, 0.2) is 0 Å². The topological polar surface area (TPSA) is 358 Å². The third-order valence-electron chi connectivity index (χ3n) is 19.5. The maximum atomic E-state index is 14.3. The minimum atomic E-state index is -1.10. The van der Waals surface area contributed by atoms with E-state index in [-0.39, 0.29) is 86.0 Å². The first-order chi connectivity index (χ1) is 42.3. The average molecular weight is 1300 g/mol. The summed E-state index contributed by atoms with van der Waals surface area (Å²) in [6, 6.07) is -7.60. The molecule has 92 heavy (non-hydrogen) atoms. The van der Waals surface area contributed by atoms with Gasteiger partial charge in [-0.05, 0) is 96.7 Å². The van der Waals surface area contributed by atoms with Crippen molar-refractivity contribution in [1.82, 2.24) is 47.0 Å². The van der Waals surface area contributed by atoms with Crippen LogP contribution in [0.4, 0.5) is 19.2 Å². The lowest BCUT2D eigenvalue weighted by atomic mass is 9.80. The van der Waals surface area contributed by atoms with Crippen molar-refractivity contribution in [3.05, 3.63) is 12.7 Å². The minimum absolute atomic E-state index is 0. The second-order valence-electron chi connectivity index (χ2n) is 29.8. The van der Waals surface area contributed by atoms with Crippen LogP contribution in [-0.2, 0) is 57.3 Å². The second kappa shape index (κ2) is 31.7. The van der Waals surface area contributed by atoms with E-state index in [4.69, 9.17) is 19.9 Å². The summed E-state index contributed by atoms with van der Waals surface area (Å²) in [4.78, 5) is 159. The van der Waals surface area contributed by atoms with E-state index >= 15 is 0 Å². The molecule has 0 spiro atoms. The largest absolute Gasteiger partial charge is 0.508 e. The lowest BCUT2D eigenvalue weighted by Crippen LogP contribution is -2.63. The van der Waals surface area contributed by atoms with Crippen LogP contribution < -0.4 is 43.0 Å². The van der Waals surface area contributed by atoms with Crippen molar-refractivity contribution in [2.24, 2.45) is 62.9 Å². The van der Waals surface area contributed by atoms with E-state index < -0.39 is 130 Å². The summed E-state index contributed by atoms with van der Waals surface area (Å²) >= 11 is 0. The van der Waals surface area contributed by atoms with Crippen LogP contribution in [0.2, 0.25) is 0 Å². The molecule has 10 amide bonds. The number of nitrogens with one attached hydrogen (secondary N) is 7. The number of primary amides is 1. The van der Waals surface area contributed by atoms with Gasteiger partial charge in [-0.25, -0.2) is 19.2 Å². The predicted molar refractivity (Wildman–Crippen MR) is 343 cm³/mol. The monoisotopic (exact) mass is 1300 g/mol. The molecule has 4 saturated carbocycles. The van der Waals surface area contributed by atoms with E-state index in [0.29, 0.717) is 38.8 Å². The molecule has 6 aliphatic rings. The number of likely N-dealkylation sites (tertiary alicyclic amines) is 2. The predicted octanol–water partition coefficient (Wildman–Crippen LogP) is 5.96. The number of carbonyl (C=O) groups is 12. The molecule has 4 aliphatic carbocycles. The van der Waals surface area contributed by atoms with Crippen molar-refractivity contribution in [3.63, 3.8) is 0 Å². The SMILES string of the molecule is C.C=CCNC(=O)C(=O)C(CCC)NC(=O)[C@@H]1[C@@H]2[C@H](CN1C(=O)[C@@H](NC(=O)N[C@H](COC(=O)OC(C)C)C(C)C)C(C)(C)C)C2(C)C.COC(=O)OCC1(NC(=O)N[C@H](C(=O)N2C[C@H]3[C@@H]([C@H]2C(=O)NC(CC2CCC2)C(=O)C(N)=O)C3(C)C)C(C)(C)C)CCCCC1. The summed E-state index contributed by atoms with van der Waals surface area (Å²) in [7, 11) is 1.22. The maximum Gasteiger partial charge on any atom is 0.508 e. The lowest BCUT2D eigenvalue weighted by molar-refractivity contribution is -0.145. The van der Waals surface area contributed by atoms with E-state index in [1.54, 1.807) is 13.8 Å². The second-order valence-corrected chi connectivity index (χ2v) is 29.8. The molecular formula is C66H110N10O16. The molecule has 6 rings (SSSR count). The summed E-state index contributed by atoms with van der Waals surface area (Å²) in [6.45, 7) is 32.2. The first-order valence-electron chi connectivity index (χ1n) is 32.5. The highest BCUT2D eigenvalue weighted by molar-refractivity contribution is 6.38. The maximum absolute atomic E-state index is 14.3. The van der Waals surface area contributed by atoms with Gasteiger partial charge in [0.2, 0.25) is 35.2 Å². The summed E-state index contributed by atoms with van der Waals surface area (Å²) in [5, 5.41) is 19.5. The van der Waals surface area contributed by atoms with Crippen molar-refractivity contribution in [2.75, 3.05) is 40.0 Å². The van der Waals surface area contributed by atoms with Crippen LogP contribution in [-0.4, -0.2) is 175 Å². The average Bonchev–Trinajstić information content (AvgIpc) is 1.54. The Bertz CT molecular complexity index is 2710. The van der Waals surface area contributed by atoms with Gasteiger partial charge in [-0.2, -0.15) is 0 Å². The van der Waals surface area contributed by atoms with Crippen molar-refractivity contribution in [1.29, 1.82) is 0 Å². The number of nitrogens with two attached hydrogens (primary N) is 1. The fourth-order valence-electron chi connectivity index (χ4n) is 13.5. The Kier molecular flexibility index (Phi) is 26.7. The zero-order chi connectivity index (χ0) is 68.5. The number of carbonyl (C=O) groups excluding carboxylic acids is 12. The molecule has 0 aromatic rings. The minimum Gasteiger partial charge on any atom is -0.438 e. The Hall–Kier alpha value is -7.02. The Morgan fingerprint density at radius 1 is 0.663 bits per heavy atom. The normalized spacial score (nSPS) is 23.7. The third-order valence-corrected chi connectivity index (χ3v) is 19.5. The number of methoxy groups -OCH3 is 1. The summed E-state index contributed by atoms with van der Waals surface area (Å²) in [5.74, 6) is -5.35. The fourth-order valence-corrected chi connectivity index (χ4v) is 13.5. The van der Waals surface area contributed by atoms with Crippen molar-refractivity contribution in [3.8, 4) is 0 Å². The van der Waals surface area contributed by atoms with Crippen LogP contribution in [0, 0.1) is 57.2 Å². The molecule has 2 heterocycles. The lowest BCUT2D eigenvalue weighted by Gasteiger charge is -2.40. The van der Waals surface area contributed by atoms with Crippen molar-refractivity contribution < 1.29 is 76.5 Å². The zero-order valence-electron chi connectivity index (χ0n) is 56.7. The van der Waals surface area contributed by atoms with Gasteiger partial charge >= 0.3 is 24.4 Å². The number of nitrogens with zero attached hydrogens (tertiary/aromatic N) is 2. The van der Waals surface area contributed by atoms with Crippen LogP contribution in [0.3, 0.4) is 0 Å². The third kappa shape index (κ3) is 19.3. The van der Waals surface area contributed by atoms with E-state index in [2.05, 4.69) is 62.4 Å². The van der Waals surface area contributed by atoms with E-state index in [1.165, 1.54) is 23.0 Å². The summed E-state index contributed by atoms with van der Waals surface area (Å²) in [6.07, 6.45) is 7.31. The van der Waals surface area contributed by atoms with Crippen LogP contribution in [0.5, 0.6) is 0 Å². The number of piperidine rings is 2. The summed E-state index contributed by atoms with van der Waals surface area (Å²) in [5.41, 5.74) is 2.66. The zero-order valence-corrected chi connectivity index (χ0v) is 56.7. The van der Waals surface area contributed by atoms with E-state index in [9.17, 15) is 57.5 Å². The van der Waals surface area contributed by atoms with Gasteiger partial charge in [0.1, 0.15) is 37.4 Å². The molecule has 520 valence electrons. The molecule has 26 nitrogen and oxygen atoms in total. The number of ketones is 2. The van der Waals surface area contributed by atoms with Crippen molar-refractivity contribution >= 4 is 71.4 Å². The quantitative estimate of drug-likeness (QED) is 0.0281. The molecule has 26 heteroatoms. The number of urea groups is 2. The number of hydrogen-bond donors (Lipinski definition) is 8. The number of rotatable bonds is 26. The molecule has 0 radical (unpaired) electrons. The van der Waals surface area contributed by atoms with Crippen molar-refractivity contribution in [2.45, 2.75) is 236 Å². The first kappa shape index (κ1) is 77.4. The van der Waals surface area contributed by atoms with E-state index in [0.717, 1.165) is 38.5 Å². The molecule has 0 aromatic heterocycles. The Labute approximate surface area is 544 Å². The van der Waals surface area contributed by atoms with Gasteiger partial charge in [0.25, 0.3) is 11.8 Å². The van der Waals surface area contributed by atoms with E-state index in [1.807, 2.05) is 76.2 Å². The molecule has 2 aliphatic heterocycles. The molecule has 9 N–H and O–H groups in total. The molecule has 0 bridgehead atoms. The number of Topliss-reactive ketones (excluding diaryl/α,β-unsaturated/α-hetero) is 2.